The van der Waals surface area contributed by atoms with Crippen LogP contribution in [-0.4, -0.2) is 0 Å². The Hall–Kier alpha value is -1.67. The Balaban J connectivity index is 2.17. The average molecular weight is 290 g/mol. The Bertz CT molecular complexity index is 583. The molecule has 1 unspecified atom stereocenters. The van der Waals surface area contributed by atoms with Crippen molar-refractivity contribution < 1.29 is 4.74 Å². The van der Waals surface area contributed by atoms with Crippen LogP contribution < -0.4 is 10.5 Å². The topological polar surface area (TPSA) is 35.2 Å². The van der Waals surface area contributed by atoms with Gasteiger partial charge in [0, 0.05) is 16.3 Å². The first kappa shape index (κ1) is 14.7. The van der Waals surface area contributed by atoms with Crippen LogP contribution in [0.5, 0.6) is 5.75 Å². The average Bonchev–Trinajstić information content (AvgIpc) is 2.47. The second-order valence-corrected chi connectivity index (χ2v) is 5.42. The fourth-order valence-electron chi connectivity index (χ4n) is 2.09. The van der Waals surface area contributed by atoms with Gasteiger partial charge in [-0.1, -0.05) is 43.6 Å². The van der Waals surface area contributed by atoms with E-state index in [1.807, 2.05) is 30.3 Å². The predicted octanol–water partition coefficient (Wildman–Crippen LogP) is 5.01. The van der Waals surface area contributed by atoms with Crippen LogP contribution in [0, 0.1) is 0 Å². The number of ether oxygens (including phenoxy) is 1. The quantitative estimate of drug-likeness (QED) is 0.785. The first-order valence-corrected chi connectivity index (χ1v) is 7.25. The molecule has 2 rings (SSSR count). The smallest absolute Gasteiger partial charge is 0.123 e. The zero-order valence-corrected chi connectivity index (χ0v) is 12.7. The van der Waals surface area contributed by atoms with Crippen molar-refractivity contribution in [2.45, 2.75) is 32.8 Å². The fourth-order valence-corrected chi connectivity index (χ4v) is 2.29. The van der Waals surface area contributed by atoms with Crippen molar-refractivity contribution in [3.63, 3.8) is 0 Å². The molecule has 0 bridgehead atoms. The van der Waals surface area contributed by atoms with E-state index in [1.54, 1.807) is 6.07 Å². The summed E-state index contributed by atoms with van der Waals surface area (Å²) in [6.07, 6.45) is 1.08. The van der Waals surface area contributed by atoms with Crippen LogP contribution in [0.3, 0.4) is 0 Å². The summed E-state index contributed by atoms with van der Waals surface area (Å²) in [6, 6.07) is 13.6. The van der Waals surface area contributed by atoms with Gasteiger partial charge in [-0.05, 0) is 42.2 Å². The number of anilines is 1. The minimum Gasteiger partial charge on any atom is -0.489 e. The molecule has 0 spiro atoms. The van der Waals surface area contributed by atoms with Crippen LogP contribution in [0.4, 0.5) is 5.69 Å². The molecule has 106 valence electrons. The summed E-state index contributed by atoms with van der Waals surface area (Å²) in [6.45, 7) is 4.81. The third kappa shape index (κ3) is 3.45. The lowest BCUT2D eigenvalue weighted by molar-refractivity contribution is 0.302. The number of nitrogens with two attached hydrogens (primary N) is 1. The molecule has 0 radical (unpaired) electrons. The molecule has 0 aliphatic heterocycles. The number of hydrogen-bond acceptors (Lipinski definition) is 2. The summed E-state index contributed by atoms with van der Waals surface area (Å²) >= 11 is 5.99. The molecule has 2 nitrogen and oxygen atoms in total. The highest BCUT2D eigenvalue weighted by molar-refractivity contribution is 6.30. The molecule has 0 fully saturated rings. The summed E-state index contributed by atoms with van der Waals surface area (Å²) in [4.78, 5) is 0. The van der Waals surface area contributed by atoms with E-state index in [0.29, 0.717) is 23.2 Å². The van der Waals surface area contributed by atoms with Gasteiger partial charge in [-0.25, -0.2) is 0 Å². The van der Waals surface area contributed by atoms with E-state index in [0.717, 1.165) is 17.7 Å². The fraction of sp³-hybridized carbons (Fsp3) is 0.294. The highest BCUT2D eigenvalue weighted by Gasteiger charge is 2.10. The van der Waals surface area contributed by atoms with E-state index in [-0.39, 0.29) is 0 Å². The van der Waals surface area contributed by atoms with Crippen molar-refractivity contribution in [2.75, 3.05) is 5.73 Å². The molecule has 1 atom stereocenters. The van der Waals surface area contributed by atoms with Gasteiger partial charge in [-0.2, -0.15) is 0 Å². The minimum atomic E-state index is 0.430. The summed E-state index contributed by atoms with van der Waals surface area (Å²) in [5, 5.41) is 0.674. The molecule has 0 amide bonds. The number of halogens is 1. The maximum atomic E-state index is 5.99. The van der Waals surface area contributed by atoms with Crippen LogP contribution in [0.25, 0.3) is 0 Å². The van der Waals surface area contributed by atoms with Crippen LogP contribution in [-0.2, 0) is 6.61 Å². The normalized spacial score (nSPS) is 12.2. The van der Waals surface area contributed by atoms with E-state index in [4.69, 9.17) is 22.1 Å². The first-order chi connectivity index (χ1) is 9.61. The summed E-state index contributed by atoms with van der Waals surface area (Å²) < 4.78 is 5.94. The number of rotatable bonds is 5. The number of benzene rings is 2. The molecule has 0 aliphatic carbocycles. The molecule has 3 heteroatoms. The predicted molar refractivity (Wildman–Crippen MR) is 85.3 cm³/mol. The largest absolute Gasteiger partial charge is 0.489 e. The lowest BCUT2D eigenvalue weighted by Gasteiger charge is -2.16. The maximum Gasteiger partial charge on any atom is 0.123 e. The Morgan fingerprint density at radius 1 is 1.20 bits per heavy atom. The molecule has 0 aliphatic rings. The van der Waals surface area contributed by atoms with Crippen molar-refractivity contribution in [2.24, 2.45) is 0 Å². The molecule has 0 saturated heterocycles. The molecular weight excluding hydrogens is 270 g/mol. The van der Waals surface area contributed by atoms with Gasteiger partial charge in [0.25, 0.3) is 0 Å². The van der Waals surface area contributed by atoms with Gasteiger partial charge in [0.05, 0.1) is 0 Å². The Kier molecular flexibility index (Phi) is 4.91. The zero-order valence-electron chi connectivity index (χ0n) is 11.9. The zero-order chi connectivity index (χ0) is 14.5. The van der Waals surface area contributed by atoms with E-state index in [2.05, 4.69) is 19.9 Å². The van der Waals surface area contributed by atoms with Crippen molar-refractivity contribution in [3.8, 4) is 5.75 Å². The van der Waals surface area contributed by atoms with Gasteiger partial charge in [0.15, 0.2) is 0 Å². The van der Waals surface area contributed by atoms with Gasteiger partial charge in [0.1, 0.15) is 12.4 Å². The minimum absolute atomic E-state index is 0.430. The molecule has 2 aromatic carbocycles. The number of para-hydroxylation sites is 1. The molecular formula is C17H20ClNO. The van der Waals surface area contributed by atoms with Gasteiger partial charge >= 0.3 is 0 Å². The summed E-state index contributed by atoms with van der Waals surface area (Å²) in [5.74, 6) is 1.39. The van der Waals surface area contributed by atoms with E-state index < -0.39 is 0 Å². The van der Waals surface area contributed by atoms with Crippen molar-refractivity contribution >= 4 is 17.3 Å². The molecule has 0 heterocycles. The molecule has 2 aromatic rings. The highest BCUT2D eigenvalue weighted by atomic mass is 35.5. The monoisotopic (exact) mass is 289 g/mol. The Labute approximate surface area is 125 Å². The van der Waals surface area contributed by atoms with Gasteiger partial charge in [0.2, 0.25) is 0 Å². The summed E-state index contributed by atoms with van der Waals surface area (Å²) in [7, 11) is 0. The van der Waals surface area contributed by atoms with Gasteiger partial charge < -0.3 is 10.5 Å². The second kappa shape index (κ2) is 6.67. The van der Waals surface area contributed by atoms with E-state index in [9.17, 15) is 0 Å². The molecule has 20 heavy (non-hydrogen) atoms. The van der Waals surface area contributed by atoms with Gasteiger partial charge in [-0.3, -0.25) is 0 Å². The third-order valence-corrected chi connectivity index (χ3v) is 3.79. The lowest BCUT2D eigenvalue weighted by Crippen LogP contribution is -2.03. The molecule has 2 N–H and O–H groups in total. The maximum absolute atomic E-state index is 5.99. The van der Waals surface area contributed by atoms with Crippen molar-refractivity contribution in [1.82, 2.24) is 0 Å². The van der Waals surface area contributed by atoms with E-state index in [1.165, 1.54) is 5.56 Å². The highest BCUT2D eigenvalue weighted by Crippen LogP contribution is 2.29. The van der Waals surface area contributed by atoms with Crippen LogP contribution in [0.1, 0.15) is 37.3 Å². The SMILES string of the molecule is CCC(C)c1ccccc1OCc1cc(Cl)ccc1N. The standard InChI is InChI=1S/C17H20ClNO/c1-3-12(2)15-6-4-5-7-17(15)20-11-13-10-14(18)8-9-16(13)19/h4-10,12H,3,11,19H2,1-2H3. The van der Waals surface area contributed by atoms with Gasteiger partial charge in [-0.15, -0.1) is 0 Å². The first-order valence-electron chi connectivity index (χ1n) is 6.87. The number of hydrogen-bond donors (Lipinski definition) is 1. The lowest BCUT2D eigenvalue weighted by atomic mass is 9.98. The molecule has 0 saturated carbocycles. The molecule has 0 aromatic heterocycles. The number of nitrogen functional groups attached to an aromatic ring is 1. The van der Waals surface area contributed by atoms with Crippen LogP contribution >= 0.6 is 11.6 Å². The van der Waals surface area contributed by atoms with Crippen molar-refractivity contribution in [1.29, 1.82) is 0 Å². The second-order valence-electron chi connectivity index (χ2n) is 4.98. The Morgan fingerprint density at radius 3 is 2.70 bits per heavy atom. The third-order valence-electron chi connectivity index (χ3n) is 3.55. The van der Waals surface area contributed by atoms with E-state index >= 15 is 0 Å². The Morgan fingerprint density at radius 2 is 1.95 bits per heavy atom. The van der Waals surface area contributed by atoms with Crippen molar-refractivity contribution in [3.05, 3.63) is 58.6 Å². The van der Waals surface area contributed by atoms with Crippen LogP contribution in [0.15, 0.2) is 42.5 Å². The van der Waals surface area contributed by atoms with Crippen LogP contribution in [0.2, 0.25) is 5.02 Å². The summed E-state index contributed by atoms with van der Waals surface area (Å²) in [5.41, 5.74) is 8.79.